The van der Waals surface area contributed by atoms with E-state index in [9.17, 15) is 4.79 Å². The van der Waals surface area contributed by atoms with Crippen molar-refractivity contribution in [3.63, 3.8) is 0 Å². The van der Waals surface area contributed by atoms with Gasteiger partial charge in [0.05, 0.1) is 0 Å². The quantitative estimate of drug-likeness (QED) is 0.452. The smallest absolute Gasteiger partial charge is 0.216 e. The summed E-state index contributed by atoms with van der Waals surface area (Å²) in [5, 5.41) is 5.86. The molecule has 0 aliphatic carbocycles. The molecule has 12 heavy (non-hydrogen) atoms. The van der Waals surface area contributed by atoms with Crippen LogP contribution in [0.2, 0.25) is 0 Å². The zero-order valence-corrected chi connectivity index (χ0v) is 7.74. The first-order chi connectivity index (χ1) is 5.77. The normalized spacial score (nSPS) is 8.50. The fourth-order valence-corrected chi connectivity index (χ4v) is 0.728. The number of carbonyl (C=O) groups is 1. The number of carbonyl (C=O) groups excluding carboxylic acids is 1. The largest absolute Gasteiger partial charge is 0.355 e. The lowest BCUT2D eigenvalue weighted by Gasteiger charge is -2.02. The van der Waals surface area contributed by atoms with Gasteiger partial charge in [0, 0.05) is 33.0 Å². The van der Waals surface area contributed by atoms with E-state index in [-0.39, 0.29) is 5.91 Å². The van der Waals surface area contributed by atoms with Gasteiger partial charge in [-0.1, -0.05) is 0 Å². The molecule has 1 amide bonds. The third kappa shape index (κ3) is 8.99. The molecule has 0 radical (unpaired) electrons. The Bertz CT molecular complexity index is 179. The highest BCUT2D eigenvalue weighted by Crippen LogP contribution is 1.70. The maximum Gasteiger partial charge on any atom is 0.216 e. The zero-order chi connectivity index (χ0) is 9.23. The van der Waals surface area contributed by atoms with E-state index < -0.39 is 0 Å². The van der Waals surface area contributed by atoms with Crippen LogP contribution in [0.15, 0.2) is 0 Å². The third-order valence-corrected chi connectivity index (χ3v) is 1.28. The van der Waals surface area contributed by atoms with Gasteiger partial charge in [-0.2, -0.15) is 0 Å². The Labute approximate surface area is 73.9 Å². The summed E-state index contributed by atoms with van der Waals surface area (Å²) in [6.07, 6.45) is 0.872. The van der Waals surface area contributed by atoms with Gasteiger partial charge in [0.15, 0.2) is 0 Å². The van der Waals surface area contributed by atoms with E-state index in [1.165, 1.54) is 6.92 Å². The Morgan fingerprint density at radius 3 is 2.67 bits per heavy atom. The van der Waals surface area contributed by atoms with Crippen LogP contribution in [0.4, 0.5) is 0 Å². The van der Waals surface area contributed by atoms with Crippen molar-refractivity contribution in [3.05, 3.63) is 0 Å². The molecule has 0 aliphatic heterocycles. The van der Waals surface area contributed by atoms with Crippen LogP contribution in [-0.2, 0) is 4.79 Å². The highest BCUT2D eigenvalue weighted by molar-refractivity contribution is 5.72. The molecule has 0 saturated carbocycles. The van der Waals surface area contributed by atoms with Gasteiger partial charge in [0.1, 0.15) is 0 Å². The molecule has 3 nitrogen and oxygen atoms in total. The van der Waals surface area contributed by atoms with Gasteiger partial charge in [-0.3, -0.25) is 4.79 Å². The van der Waals surface area contributed by atoms with Crippen molar-refractivity contribution in [2.24, 2.45) is 0 Å². The van der Waals surface area contributed by atoms with E-state index in [1.807, 2.05) is 6.92 Å². The molecule has 0 aliphatic rings. The molecular formula is C9H16N2O. The van der Waals surface area contributed by atoms with E-state index in [0.717, 1.165) is 19.5 Å². The van der Waals surface area contributed by atoms with Crippen LogP contribution >= 0.6 is 0 Å². The van der Waals surface area contributed by atoms with Gasteiger partial charge in [0.2, 0.25) is 5.91 Å². The van der Waals surface area contributed by atoms with Crippen molar-refractivity contribution in [3.8, 4) is 11.8 Å². The summed E-state index contributed by atoms with van der Waals surface area (Å²) in [4.78, 5) is 10.4. The van der Waals surface area contributed by atoms with Crippen molar-refractivity contribution in [1.82, 2.24) is 10.6 Å². The van der Waals surface area contributed by atoms with Crippen LogP contribution in [0.5, 0.6) is 0 Å². The van der Waals surface area contributed by atoms with Gasteiger partial charge in [-0.15, -0.1) is 11.8 Å². The average molecular weight is 168 g/mol. The van der Waals surface area contributed by atoms with E-state index in [0.29, 0.717) is 6.54 Å². The summed E-state index contributed by atoms with van der Waals surface area (Å²) in [7, 11) is 0. The molecule has 0 rings (SSSR count). The molecule has 68 valence electrons. The molecular weight excluding hydrogens is 152 g/mol. The number of hydrogen-bond donors (Lipinski definition) is 2. The second-order valence-corrected chi connectivity index (χ2v) is 2.41. The SMILES string of the molecule is CC#CCCNCCNC(C)=O. The second kappa shape index (κ2) is 8.09. The van der Waals surface area contributed by atoms with Crippen LogP contribution in [0.3, 0.4) is 0 Å². The molecule has 0 spiro atoms. The van der Waals surface area contributed by atoms with E-state index in [4.69, 9.17) is 0 Å². The van der Waals surface area contributed by atoms with Gasteiger partial charge in [-0.25, -0.2) is 0 Å². The molecule has 0 saturated heterocycles. The number of rotatable bonds is 5. The highest BCUT2D eigenvalue weighted by Gasteiger charge is 1.88. The zero-order valence-electron chi connectivity index (χ0n) is 7.74. The van der Waals surface area contributed by atoms with E-state index in [1.54, 1.807) is 0 Å². The number of nitrogens with one attached hydrogen (secondary N) is 2. The Morgan fingerprint density at radius 1 is 1.33 bits per heavy atom. The summed E-state index contributed by atoms with van der Waals surface area (Å²) < 4.78 is 0. The van der Waals surface area contributed by atoms with Crippen LogP contribution in [0, 0.1) is 11.8 Å². The lowest BCUT2D eigenvalue weighted by atomic mass is 10.4. The van der Waals surface area contributed by atoms with E-state index in [2.05, 4.69) is 22.5 Å². The molecule has 0 aromatic carbocycles. The summed E-state index contributed by atoms with van der Waals surface area (Å²) >= 11 is 0. The van der Waals surface area contributed by atoms with Crippen LogP contribution in [0.1, 0.15) is 20.3 Å². The average Bonchev–Trinajstić information content (AvgIpc) is 2.02. The standard InChI is InChI=1S/C9H16N2O/c1-3-4-5-6-10-7-8-11-9(2)12/h10H,5-8H2,1-2H3,(H,11,12). The second-order valence-electron chi connectivity index (χ2n) is 2.41. The lowest BCUT2D eigenvalue weighted by molar-refractivity contribution is -0.118. The maximum absolute atomic E-state index is 10.4. The predicted octanol–water partition coefficient (Wildman–Crippen LogP) is 0.125. The van der Waals surface area contributed by atoms with Gasteiger partial charge in [0.25, 0.3) is 0 Å². The first-order valence-corrected chi connectivity index (χ1v) is 4.12. The van der Waals surface area contributed by atoms with Gasteiger partial charge < -0.3 is 10.6 Å². The molecule has 0 aromatic rings. The Balaban J connectivity index is 2.99. The van der Waals surface area contributed by atoms with Crippen molar-refractivity contribution >= 4 is 5.91 Å². The van der Waals surface area contributed by atoms with Crippen molar-refractivity contribution in [2.45, 2.75) is 20.3 Å². The highest BCUT2D eigenvalue weighted by atomic mass is 16.1. The van der Waals surface area contributed by atoms with Crippen LogP contribution in [0.25, 0.3) is 0 Å². The fraction of sp³-hybridized carbons (Fsp3) is 0.667. The molecule has 2 N–H and O–H groups in total. The van der Waals surface area contributed by atoms with Crippen molar-refractivity contribution in [1.29, 1.82) is 0 Å². The van der Waals surface area contributed by atoms with Crippen molar-refractivity contribution < 1.29 is 4.79 Å². The molecule has 3 heteroatoms. The monoisotopic (exact) mass is 168 g/mol. The molecule has 0 heterocycles. The summed E-state index contributed by atoms with van der Waals surface area (Å²) in [6.45, 7) is 5.74. The number of amides is 1. The topological polar surface area (TPSA) is 41.1 Å². The maximum atomic E-state index is 10.4. The van der Waals surface area contributed by atoms with Crippen molar-refractivity contribution in [2.75, 3.05) is 19.6 Å². The number of hydrogen-bond acceptors (Lipinski definition) is 2. The molecule has 0 unspecified atom stereocenters. The fourth-order valence-electron chi connectivity index (χ4n) is 0.728. The minimum absolute atomic E-state index is 0.0187. The van der Waals surface area contributed by atoms with E-state index >= 15 is 0 Å². The lowest BCUT2D eigenvalue weighted by Crippen LogP contribution is -2.30. The summed E-state index contributed by atoms with van der Waals surface area (Å²) in [6, 6.07) is 0. The van der Waals surface area contributed by atoms with Gasteiger partial charge in [-0.05, 0) is 6.92 Å². The molecule has 0 bridgehead atoms. The predicted molar refractivity (Wildman–Crippen MR) is 49.6 cm³/mol. The van der Waals surface area contributed by atoms with Crippen LogP contribution in [-0.4, -0.2) is 25.5 Å². The molecule has 0 aromatic heterocycles. The molecule has 0 atom stereocenters. The molecule has 0 fully saturated rings. The first kappa shape index (κ1) is 11.0. The Kier molecular flexibility index (Phi) is 7.41. The van der Waals surface area contributed by atoms with Crippen LogP contribution < -0.4 is 10.6 Å². The Hall–Kier alpha value is -1.01. The Morgan fingerprint density at radius 2 is 2.08 bits per heavy atom. The summed E-state index contributed by atoms with van der Waals surface area (Å²) in [5.74, 6) is 5.78. The summed E-state index contributed by atoms with van der Waals surface area (Å²) in [5.41, 5.74) is 0. The first-order valence-electron chi connectivity index (χ1n) is 4.12. The third-order valence-electron chi connectivity index (χ3n) is 1.28. The van der Waals surface area contributed by atoms with Gasteiger partial charge >= 0.3 is 0 Å². The minimum atomic E-state index is 0.0187. The minimum Gasteiger partial charge on any atom is -0.355 e.